The van der Waals surface area contributed by atoms with Gasteiger partial charge in [0.2, 0.25) is 0 Å². The van der Waals surface area contributed by atoms with Crippen molar-refractivity contribution in [1.82, 2.24) is 19.8 Å². The zero-order valence-corrected chi connectivity index (χ0v) is 13.3. The Morgan fingerprint density at radius 1 is 1.52 bits per heavy atom. The Hall–Kier alpha value is -1.40. The Bertz CT molecular complexity index is 474. The van der Waals surface area contributed by atoms with Crippen molar-refractivity contribution in [2.24, 2.45) is 0 Å². The molecule has 0 aromatic carbocycles. The van der Waals surface area contributed by atoms with Gasteiger partial charge in [-0.25, -0.2) is 4.98 Å². The highest BCUT2D eigenvalue weighted by atomic mass is 16.5. The molecule has 0 bridgehead atoms. The molecule has 0 saturated heterocycles. The zero-order chi connectivity index (χ0) is 15.3. The maximum atomic E-state index is 12.0. The number of aromatic nitrogens is 2. The standard InChI is InChI=1S/C15H26N4O2/c1-4-6-17-15(2,14(20)21-3)5-8-18-10-11-19-9-7-16-13(19)12-18/h7,9,17H,4-6,8,10-12H2,1-3H3. The lowest BCUT2D eigenvalue weighted by Crippen LogP contribution is -2.52. The summed E-state index contributed by atoms with van der Waals surface area (Å²) in [6.07, 6.45) is 5.60. The molecule has 118 valence electrons. The van der Waals surface area contributed by atoms with Gasteiger partial charge in [0.15, 0.2) is 0 Å². The number of methoxy groups -OCH3 is 1. The van der Waals surface area contributed by atoms with Gasteiger partial charge in [0.25, 0.3) is 0 Å². The van der Waals surface area contributed by atoms with E-state index in [1.54, 1.807) is 0 Å². The van der Waals surface area contributed by atoms with Crippen molar-refractivity contribution >= 4 is 5.97 Å². The number of imidazole rings is 1. The number of nitrogens with zero attached hydrogens (tertiary/aromatic N) is 3. The van der Waals surface area contributed by atoms with Gasteiger partial charge < -0.3 is 14.6 Å². The summed E-state index contributed by atoms with van der Waals surface area (Å²) in [7, 11) is 1.45. The molecule has 1 aliphatic rings. The fourth-order valence-electron chi connectivity index (χ4n) is 2.68. The Balaban J connectivity index is 1.91. The molecule has 1 N–H and O–H groups in total. The van der Waals surface area contributed by atoms with Crippen LogP contribution in [0.1, 0.15) is 32.5 Å². The summed E-state index contributed by atoms with van der Waals surface area (Å²) in [5, 5.41) is 3.33. The summed E-state index contributed by atoms with van der Waals surface area (Å²) in [5.41, 5.74) is -0.613. The Labute approximate surface area is 126 Å². The zero-order valence-electron chi connectivity index (χ0n) is 13.3. The predicted molar refractivity (Wildman–Crippen MR) is 80.8 cm³/mol. The van der Waals surface area contributed by atoms with E-state index in [4.69, 9.17) is 4.74 Å². The van der Waals surface area contributed by atoms with E-state index in [9.17, 15) is 4.79 Å². The Kier molecular flexibility index (Phi) is 5.36. The van der Waals surface area contributed by atoms with Gasteiger partial charge in [0.1, 0.15) is 11.4 Å². The van der Waals surface area contributed by atoms with Crippen LogP contribution in [0.15, 0.2) is 12.4 Å². The Morgan fingerprint density at radius 3 is 3.05 bits per heavy atom. The molecular weight excluding hydrogens is 268 g/mol. The molecule has 1 unspecified atom stereocenters. The first-order chi connectivity index (χ1) is 10.1. The van der Waals surface area contributed by atoms with Crippen molar-refractivity contribution in [2.45, 2.75) is 45.3 Å². The molecule has 1 aliphatic heterocycles. The van der Waals surface area contributed by atoms with Crippen LogP contribution in [0.5, 0.6) is 0 Å². The minimum atomic E-state index is -0.613. The van der Waals surface area contributed by atoms with Crippen LogP contribution in [0.4, 0.5) is 0 Å². The molecule has 0 fully saturated rings. The third kappa shape index (κ3) is 3.83. The predicted octanol–water partition coefficient (Wildman–Crippen LogP) is 1.02. The Morgan fingerprint density at radius 2 is 2.33 bits per heavy atom. The number of hydrogen-bond acceptors (Lipinski definition) is 5. The number of carbonyl (C=O) groups is 1. The lowest BCUT2D eigenvalue weighted by Gasteiger charge is -2.33. The summed E-state index contributed by atoms with van der Waals surface area (Å²) in [4.78, 5) is 18.8. The number of rotatable bonds is 7. The van der Waals surface area contributed by atoms with Gasteiger partial charge in [-0.2, -0.15) is 0 Å². The van der Waals surface area contributed by atoms with E-state index in [1.165, 1.54) is 7.11 Å². The number of esters is 1. The number of fused-ring (bicyclic) bond motifs is 1. The molecule has 1 aromatic rings. The maximum Gasteiger partial charge on any atom is 0.325 e. The molecule has 0 aliphatic carbocycles. The van der Waals surface area contributed by atoms with Crippen LogP contribution in [0.2, 0.25) is 0 Å². The summed E-state index contributed by atoms with van der Waals surface area (Å²) < 4.78 is 7.15. The van der Waals surface area contributed by atoms with E-state index in [2.05, 4.69) is 26.7 Å². The molecule has 0 amide bonds. The highest BCUT2D eigenvalue weighted by Gasteiger charge is 2.34. The third-order valence-corrected chi connectivity index (χ3v) is 4.15. The number of ether oxygens (including phenoxy) is 1. The monoisotopic (exact) mass is 294 g/mol. The molecule has 0 radical (unpaired) electrons. The summed E-state index contributed by atoms with van der Waals surface area (Å²) in [6, 6.07) is 0. The van der Waals surface area contributed by atoms with Gasteiger partial charge in [0.05, 0.1) is 13.7 Å². The second-order valence-electron chi connectivity index (χ2n) is 5.81. The maximum absolute atomic E-state index is 12.0. The van der Waals surface area contributed by atoms with E-state index in [-0.39, 0.29) is 5.97 Å². The van der Waals surface area contributed by atoms with Crippen LogP contribution in [0.3, 0.4) is 0 Å². The highest BCUT2D eigenvalue weighted by molar-refractivity contribution is 5.80. The summed E-state index contributed by atoms with van der Waals surface area (Å²) in [5.74, 6) is 0.914. The topological polar surface area (TPSA) is 59.4 Å². The smallest absolute Gasteiger partial charge is 0.325 e. The van der Waals surface area contributed by atoms with E-state index in [0.717, 1.165) is 51.4 Å². The van der Waals surface area contributed by atoms with Gasteiger partial charge in [-0.15, -0.1) is 0 Å². The van der Waals surface area contributed by atoms with Gasteiger partial charge in [-0.05, 0) is 26.3 Å². The van der Waals surface area contributed by atoms with Gasteiger partial charge in [-0.1, -0.05) is 6.92 Å². The van der Waals surface area contributed by atoms with Gasteiger partial charge in [0, 0.05) is 32.0 Å². The summed E-state index contributed by atoms with van der Waals surface area (Å²) in [6.45, 7) is 8.50. The fraction of sp³-hybridized carbons (Fsp3) is 0.733. The fourth-order valence-corrected chi connectivity index (χ4v) is 2.68. The van der Waals surface area contributed by atoms with Crippen LogP contribution in [0, 0.1) is 0 Å². The minimum Gasteiger partial charge on any atom is -0.468 e. The largest absolute Gasteiger partial charge is 0.468 e. The van der Waals surface area contributed by atoms with Crippen LogP contribution in [0.25, 0.3) is 0 Å². The second kappa shape index (κ2) is 7.04. The van der Waals surface area contributed by atoms with Crippen molar-refractivity contribution in [3.63, 3.8) is 0 Å². The number of carbonyl (C=O) groups excluding carboxylic acids is 1. The van der Waals surface area contributed by atoms with Crippen LogP contribution in [-0.2, 0) is 22.6 Å². The molecule has 1 aromatic heterocycles. The quantitative estimate of drug-likeness (QED) is 0.761. The molecule has 1 atom stereocenters. The van der Waals surface area contributed by atoms with E-state index < -0.39 is 5.54 Å². The van der Waals surface area contributed by atoms with E-state index in [1.807, 2.05) is 19.3 Å². The number of hydrogen-bond donors (Lipinski definition) is 1. The lowest BCUT2D eigenvalue weighted by atomic mass is 9.97. The van der Waals surface area contributed by atoms with Crippen molar-refractivity contribution < 1.29 is 9.53 Å². The molecule has 21 heavy (non-hydrogen) atoms. The highest BCUT2D eigenvalue weighted by Crippen LogP contribution is 2.16. The van der Waals surface area contributed by atoms with Crippen LogP contribution >= 0.6 is 0 Å². The first-order valence-electron chi connectivity index (χ1n) is 7.65. The molecule has 2 rings (SSSR count). The lowest BCUT2D eigenvalue weighted by molar-refractivity contribution is -0.148. The molecule has 6 nitrogen and oxygen atoms in total. The first-order valence-corrected chi connectivity index (χ1v) is 7.65. The van der Waals surface area contributed by atoms with E-state index in [0.29, 0.717) is 0 Å². The molecule has 2 heterocycles. The average Bonchev–Trinajstić information content (AvgIpc) is 2.97. The molecule has 0 spiro atoms. The summed E-state index contributed by atoms with van der Waals surface area (Å²) >= 11 is 0. The van der Waals surface area contributed by atoms with Crippen molar-refractivity contribution in [2.75, 3.05) is 26.7 Å². The van der Waals surface area contributed by atoms with Crippen molar-refractivity contribution in [3.05, 3.63) is 18.2 Å². The van der Waals surface area contributed by atoms with Gasteiger partial charge in [-0.3, -0.25) is 9.69 Å². The number of nitrogens with one attached hydrogen (secondary N) is 1. The first kappa shape index (κ1) is 16.0. The molecule has 0 saturated carbocycles. The van der Waals surface area contributed by atoms with Crippen molar-refractivity contribution in [3.8, 4) is 0 Å². The molecular formula is C15H26N4O2. The van der Waals surface area contributed by atoms with Crippen LogP contribution in [-0.4, -0.2) is 52.7 Å². The SMILES string of the molecule is CCCNC(C)(CCN1CCn2ccnc2C1)C(=O)OC. The normalized spacial score (nSPS) is 18.0. The van der Waals surface area contributed by atoms with E-state index >= 15 is 0 Å². The second-order valence-corrected chi connectivity index (χ2v) is 5.81. The molecule has 6 heteroatoms. The van der Waals surface area contributed by atoms with Crippen LogP contribution < -0.4 is 5.32 Å². The minimum absolute atomic E-state index is 0.186. The van der Waals surface area contributed by atoms with Crippen molar-refractivity contribution in [1.29, 1.82) is 0 Å². The third-order valence-electron chi connectivity index (χ3n) is 4.15. The average molecular weight is 294 g/mol. The van der Waals surface area contributed by atoms with Gasteiger partial charge >= 0.3 is 5.97 Å².